The molecule has 3 N–H and O–H groups in total. The lowest BCUT2D eigenvalue weighted by Crippen LogP contribution is -2.24. The Kier molecular flexibility index (Phi) is 5.01. The number of likely N-dealkylation sites (tertiary alicyclic amines) is 1. The minimum absolute atomic E-state index is 0.0528. The molecular formula is C16H25N3O. The summed E-state index contributed by atoms with van der Waals surface area (Å²) in [4.78, 5) is 2.51. The Labute approximate surface area is 121 Å². The fourth-order valence-electron chi connectivity index (χ4n) is 2.80. The van der Waals surface area contributed by atoms with Gasteiger partial charge in [0, 0.05) is 6.54 Å². The van der Waals surface area contributed by atoms with Crippen molar-refractivity contribution in [1.29, 1.82) is 5.41 Å². The number of nitrogen functional groups attached to an aromatic ring is 1. The van der Waals surface area contributed by atoms with Crippen LogP contribution in [-0.2, 0) is 6.54 Å². The third-order valence-corrected chi connectivity index (χ3v) is 4.07. The number of rotatable bonds is 4. The summed E-state index contributed by atoms with van der Waals surface area (Å²) in [6.07, 6.45) is 3.90. The first-order valence-corrected chi connectivity index (χ1v) is 7.34. The molecule has 2 rings (SSSR count). The van der Waals surface area contributed by atoms with Crippen LogP contribution in [0.3, 0.4) is 0 Å². The van der Waals surface area contributed by atoms with Gasteiger partial charge >= 0.3 is 0 Å². The number of nitrogens with zero attached hydrogens (tertiary/aromatic N) is 1. The standard InChI is InChI=1S/C16H25N3O/c1-12-4-3-8-19(9-7-12)11-13-5-6-14(16(17)18)15(10-13)20-2/h5-6,10,12H,3-4,7-9,11H2,1-2H3,(H3,17,18). The van der Waals surface area contributed by atoms with Gasteiger partial charge in [0.1, 0.15) is 11.6 Å². The molecule has 1 saturated heterocycles. The molecule has 0 spiro atoms. The summed E-state index contributed by atoms with van der Waals surface area (Å²) in [6, 6.07) is 5.94. The largest absolute Gasteiger partial charge is 0.496 e. The van der Waals surface area contributed by atoms with E-state index in [1.807, 2.05) is 18.2 Å². The molecule has 4 heteroatoms. The fraction of sp³-hybridized carbons (Fsp3) is 0.562. The van der Waals surface area contributed by atoms with Crippen molar-refractivity contribution in [2.24, 2.45) is 11.7 Å². The molecule has 0 aromatic heterocycles. The third-order valence-electron chi connectivity index (χ3n) is 4.07. The summed E-state index contributed by atoms with van der Waals surface area (Å²) in [5.74, 6) is 1.59. The van der Waals surface area contributed by atoms with Crippen LogP contribution in [0.5, 0.6) is 5.75 Å². The molecule has 1 fully saturated rings. The van der Waals surface area contributed by atoms with Crippen molar-refractivity contribution in [2.75, 3.05) is 20.2 Å². The first-order chi connectivity index (χ1) is 9.60. The van der Waals surface area contributed by atoms with Crippen molar-refractivity contribution >= 4 is 5.84 Å². The van der Waals surface area contributed by atoms with E-state index in [4.69, 9.17) is 15.9 Å². The molecule has 0 aliphatic carbocycles. The Morgan fingerprint density at radius 1 is 1.40 bits per heavy atom. The zero-order valence-electron chi connectivity index (χ0n) is 12.5. The quantitative estimate of drug-likeness (QED) is 0.656. The third kappa shape index (κ3) is 3.73. The summed E-state index contributed by atoms with van der Waals surface area (Å²) < 4.78 is 5.34. The lowest BCUT2D eigenvalue weighted by atomic mass is 10.0. The molecule has 0 saturated carbocycles. The molecule has 0 bridgehead atoms. The lowest BCUT2D eigenvalue weighted by molar-refractivity contribution is 0.273. The first-order valence-electron chi connectivity index (χ1n) is 7.34. The van der Waals surface area contributed by atoms with Gasteiger partial charge in [-0.25, -0.2) is 0 Å². The normalized spacial score (nSPS) is 20.4. The highest BCUT2D eigenvalue weighted by Gasteiger charge is 2.15. The zero-order chi connectivity index (χ0) is 14.5. The summed E-state index contributed by atoms with van der Waals surface area (Å²) in [6.45, 7) is 5.62. The smallest absolute Gasteiger partial charge is 0.130 e. The Balaban J connectivity index is 2.07. The van der Waals surface area contributed by atoms with E-state index in [-0.39, 0.29) is 5.84 Å². The highest BCUT2D eigenvalue weighted by molar-refractivity contribution is 5.97. The number of ether oxygens (including phenoxy) is 1. The zero-order valence-corrected chi connectivity index (χ0v) is 12.5. The van der Waals surface area contributed by atoms with Gasteiger partial charge in [0.15, 0.2) is 0 Å². The van der Waals surface area contributed by atoms with E-state index in [1.54, 1.807) is 7.11 Å². The van der Waals surface area contributed by atoms with Gasteiger partial charge in [-0.1, -0.05) is 13.0 Å². The van der Waals surface area contributed by atoms with E-state index >= 15 is 0 Å². The average Bonchev–Trinajstić information content (AvgIpc) is 2.63. The molecule has 0 radical (unpaired) electrons. The number of nitrogens with two attached hydrogens (primary N) is 1. The van der Waals surface area contributed by atoms with Gasteiger partial charge in [-0.15, -0.1) is 0 Å². The van der Waals surface area contributed by atoms with Gasteiger partial charge in [0.05, 0.1) is 12.7 Å². The highest BCUT2D eigenvalue weighted by Crippen LogP contribution is 2.22. The van der Waals surface area contributed by atoms with Crippen molar-refractivity contribution in [3.8, 4) is 5.75 Å². The molecule has 110 valence electrons. The molecule has 1 heterocycles. The minimum atomic E-state index is 0.0528. The second kappa shape index (κ2) is 6.75. The van der Waals surface area contributed by atoms with E-state index in [1.165, 1.54) is 31.4 Å². The topological polar surface area (TPSA) is 62.3 Å². The Bertz CT molecular complexity index is 473. The van der Waals surface area contributed by atoms with E-state index in [0.29, 0.717) is 11.3 Å². The molecular weight excluding hydrogens is 250 g/mol. The first kappa shape index (κ1) is 14.9. The number of nitrogens with one attached hydrogen (secondary N) is 1. The molecule has 1 aromatic carbocycles. The van der Waals surface area contributed by atoms with Crippen LogP contribution in [0.25, 0.3) is 0 Å². The second-order valence-electron chi connectivity index (χ2n) is 5.76. The fourth-order valence-corrected chi connectivity index (χ4v) is 2.80. The minimum Gasteiger partial charge on any atom is -0.496 e. The second-order valence-corrected chi connectivity index (χ2v) is 5.76. The average molecular weight is 275 g/mol. The lowest BCUT2D eigenvalue weighted by Gasteiger charge is -2.20. The number of hydrogen-bond acceptors (Lipinski definition) is 3. The van der Waals surface area contributed by atoms with Crippen molar-refractivity contribution < 1.29 is 4.74 Å². The van der Waals surface area contributed by atoms with Crippen LogP contribution in [0.15, 0.2) is 18.2 Å². The summed E-state index contributed by atoms with van der Waals surface area (Å²) in [5.41, 5.74) is 7.44. The maximum Gasteiger partial charge on any atom is 0.130 e. The van der Waals surface area contributed by atoms with Gasteiger partial charge in [-0.3, -0.25) is 10.3 Å². The van der Waals surface area contributed by atoms with E-state index < -0.39 is 0 Å². The van der Waals surface area contributed by atoms with E-state index in [0.717, 1.165) is 19.0 Å². The van der Waals surface area contributed by atoms with E-state index in [9.17, 15) is 0 Å². The van der Waals surface area contributed by atoms with Crippen molar-refractivity contribution in [3.63, 3.8) is 0 Å². The van der Waals surface area contributed by atoms with Crippen LogP contribution >= 0.6 is 0 Å². The predicted molar refractivity (Wildman–Crippen MR) is 82.3 cm³/mol. The highest BCUT2D eigenvalue weighted by atomic mass is 16.5. The maximum atomic E-state index is 7.54. The van der Waals surface area contributed by atoms with Crippen LogP contribution < -0.4 is 10.5 Å². The van der Waals surface area contributed by atoms with Crippen molar-refractivity contribution in [2.45, 2.75) is 32.7 Å². The molecule has 1 aromatic rings. The molecule has 1 atom stereocenters. The van der Waals surface area contributed by atoms with Gasteiger partial charge in [-0.05, 0) is 56.0 Å². The van der Waals surface area contributed by atoms with E-state index in [2.05, 4.69) is 11.8 Å². The van der Waals surface area contributed by atoms with Crippen LogP contribution in [0, 0.1) is 11.3 Å². The Morgan fingerprint density at radius 3 is 2.90 bits per heavy atom. The van der Waals surface area contributed by atoms with Gasteiger partial charge in [-0.2, -0.15) is 0 Å². The maximum absolute atomic E-state index is 7.54. The van der Waals surface area contributed by atoms with Gasteiger partial charge in [0.2, 0.25) is 0 Å². The Hall–Kier alpha value is -1.55. The number of hydrogen-bond donors (Lipinski definition) is 2. The molecule has 20 heavy (non-hydrogen) atoms. The van der Waals surface area contributed by atoms with Gasteiger partial charge in [0.25, 0.3) is 0 Å². The monoisotopic (exact) mass is 275 g/mol. The molecule has 1 aliphatic heterocycles. The van der Waals surface area contributed by atoms with Crippen LogP contribution in [0.2, 0.25) is 0 Å². The summed E-state index contributed by atoms with van der Waals surface area (Å²) in [5, 5.41) is 7.54. The van der Waals surface area contributed by atoms with Crippen LogP contribution in [0.4, 0.5) is 0 Å². The van der Waals surface area contributed by atoms with Crippen molar-refractivity contribution in [3.05, 3.63) is 29.3 Å². The summed E-state index contributed by atoms with van der Waals surface area (Å²) >= 11 is 0. The number of amidine groups is 1. The van der Waals surface area contributed by atoms with Gasteiger partial charge < -0.3 is 10.5 Å². The van der Waals surface area contributed by atoms with Crippen LogP contribution in [0.1, 0.15) is 37.3 Å². The molecule has 1 aliphatic rings. The molecule has 1 unspecified atom stereocenters. The number of benzene rings is 1. The molecule has 0 amide bonds. The predicted octanol–water partition coefficient (Wildman–Crippen LogP) is 2.60. The Morgan fingerprint density at radius 2 is 2.20 bits per heavy atom. The SMILES string of the molecule is COc1cc(CN2CCCC(C)CC2)ccc1C(=N)N. The molecule has 4 nitrogen and oxygen atoms in total. The number of methoxy groups -OCH3 is 1. The van der Waals surface area contributed by atoms with Crippen LogP contribution in [-0.4, -0.2) is 30.9 Å². The summed E-state index contributed by atoms with van der Waals surface area (Å²) in [7, 11) is 1.62. The van der Waals surface area contributed by atoms with Crippen molar-refractivity contribution in [1.82, 2.24) is 4.90 Å².